The number of carbonyl (C=O) groups excluding carboxylic acids is 1. The van der Waals surface area contributed by atoms with Crippen molar-refractivity contribution in [2.45, 2.75) is 32.6 Å². The SMILES string of the molecule is CCCC(=O)NCCCc1ccc(N)cc1. The highest BCUT2D eigenvalue weighted by Gasteiger charge is 1.98. The molecule has 0 aliphatic heterocycles. The molecule has 0 spiro atoms. The molecule has 1 aromatic rings. The first-order valence-corrected chi connectivity index (χ1v) is 5.83. The molecule has 0 atom stereocenters. The van der Waals surface area contributed by atoms with E-state index in [0.29, 0.717) is 6.42 Å². The summed E-state index contributed by atoms with van der Waals surface area (Å²) < 4.78 is 0. The maximum atomic E-state index is 11.2. The van der Waals surface area contributed by atoms with Gasteiger partial charge in [-0.05, 0) is 37.0 Å². The van der Waals surface area contributed by atoms with E-state index in [0.717, 1.165) is 31.5 Å². The molecule has 0 bridgehead atoms. The number of nitrogens with two attached hydrogens (primary N) is 1. The van der Waals surface area contributed by atoms with Gasteiger partial charge in [0.1, 0.15) is 0 Å². The Kier molecular flexibility index (Phi) is 5.40. The van der Waals surface area contributed by atoms with Crippen molar-refractivity contribution in [2.75, 3.05) is 12.3 Å². The minimum Gasteiger partial charge on any atom is -0.399 e. The Bertz CT molecular complexity index is 319. The zero-order chi connectivity index (χ0) is 11.8. The fourth-order valence-corrected chi connectivity index (χ4v) is 1.52. The summed E-state index contributed by atoms with van der Waals surface area (Å²) in [6.45, 7) is 2.76. The normalized spacial score (nSPS) is 10.1. The topological polar surface area (TPSA) is 55.1 Å². The van der Waals surface area contributed by atoms with Gasteiger partial charge in [-0.3, -0.25) is 4.79 Å². The molecule has 0 fully saturated rings. The van der Waals surface area contributed by atoms with Gasteiger partial charge in [-0.2, -0.15) is 0 Å². The molecule has 0 unspecified atom stereocenters. The molecule has 3 nitrogen and oxygen atoms in total. The molecule has 0 aliphatic rings. The van der Waals surface area contributed by atoms with Gasteiger partial charge in [0.2, 0.25) is 5.91 Å². The molecule has 16 heavy (non-hydrogen) atoms. The molecule has 0 saturated carbocycles. The average molecular weight is 220 g/mol. The Morgan fingerprint density at radius 3 is 2.62 bits per heavy atom. The molecule has 1 aromatic carbocycles. The van der Waals surface area contributed by atoms with Crippen LogP contribution in [0.4, 0.5) is 5.69 Å². The molecule has 3 heteroatoms. The number of nitrogens with one attached hydrogen (secondary N) is 1. The monoisotopic (exact) mass is 220 g/mol. The van der Waals surface area contributed by atoms with E-state index in [9.17, 15) is 4.79 Å². The van der Waals surface area contributed by atoms with Gasteiger partial charge >= 0.3 is 0 Å². The minimum atomic E-state index is 0.153. The van der Waals surface area contributed by atoms with E-state index in [2.05, 4.69) is 5.32 Å². The maximum Gasteiger partial charge on any atom is 0.219 e. The van der Waals surface area contributed by atoms with Crippen molar-refractivity contribution >= 4 is 11.6 Å². The first kappa shape index (κ1) is 12.6. The zero-order valence-corrected chi connectivity index (χ0v) is 9.83. The van der Waals surface area contributed by atoms with E-state index in [1.165, 1.54) is 5.56 Å². The molecule has 0 heterocycles. The largest absolute Gasteiger partial charge is 0.399 e. The number of amides is 1. The fourth-order valence-electron chi connectivity index (χ4n) is 1.52. The second-order valence-corrected chi connectivity index (χ2v) is 3.95. The van der Waals surface area contributed by atoms with Crippen LogP contribution in [0.1, 0.15) is 31.7 Å². The smallest absolute Gasteiger partial charge is 0.219 e. The summed E-state index contributed by atoms with van der Waals surface area (Å²) in [4.78, 5) is 11.2. The second-order valence-electron chi connectivity index (χ2n) is 3.95. The molecule has 0 saturated heterocycles. The van der Waals surface area contributed by atoms with Crippen LogP contribution in [0.25, 0.3) is 0 Å². The van der Waals surface area contributed by atoms with Crippen molar-refractivity contribution in [3.63, 3.8) is 0 Å². The number of benzene rings is 1. The quantitative estimate of drug-likeness (QED) is 0.570. The van der Waals surface area contributed by atoms with Gasteiger partial charge in [-0.25, -0.2) is 0 Å². The van der Waals surface area contributed by atoms with Crippen molar-refractivity contribution < 1.29 is 4.79 Å². The molecular weight excluding hydrogens is 200 g/mol. The van der Waals surface area contributed by atoms with Crippen LogP contribution in [-0.2, 0) is 11.2 Å². The highest BCUT2D eigenvalue weighted by atomic mass is 16.1. The van der Waals surface area contributed by atoms with Crippen LogP contribution in [0.15, 0.2) is 24.3 Å². The van der Waals surface area contributed by atoms with E-state index < -0.39 is 0 Å². The predicted octanol–water partition coefficient (Wildman–Crippen LogP) is 2.12. The lowest BCUT2D eigenvalue weighted by atomic mass is 10.1. The highest BCUT2D eigenvalue weighted by Crippen LogP contribution is 2.07. The third kappa shape index (κ3) is 4.82. The van der Waals surface area contributed by atoms with E-state index in [1.807, 2.05) is 31.2 Å². The number of aryl methyl sites for hydroxylation is 1. The second kappa shape index (κ2) is 6.88. The first-order valence-electron chi connectivity index (χ1n) is 5.83. The van der Waals surface area contributed by atoms with Crippen molar-refractivity contribution in [1.29, 1.82) is 0 Å². The van der Waals surface area contributed by atoms with Crippen LogP contribution >= 0.6 is 0 Å². The summed E-state index contributed by atoms with van der Waals surface area (Å²) in [5, 5.41) is 2.90. The Balaban J connectivity index is 2.16. The number of nitrogen functional groups attached to an aromatic ring is 1. The van der Waals surface area contributed by atoms with Crippen molar-refractivity contribution in [2.24, 2.45) is 0 Å². The molecule has 0 radical (unpaired) electrons. The third-order valence-corrected chi connectivity index (χ3v) is 2.42. The van der Waals surface area contributed by atoms with Crippen LogP contribution in [0.5, 0.6) is 0 Å². The van der Waals surface area contributed by atoms with Gasteiger partial charge < -0.3 is 11.1 Å². The standard InChI is InChI=1S/C13H20N2O/c1-2-4-13(16)15-10-3-5-11-6-8-12(14)9-7-11/h6-9H,2-5,10,14H2,1H3,(H,15,16). The Morgan fingerprint density at radius 1 is 1.31 bits per heavy atom. The molecule has 1 amide bonds. The van der Waals surface area contributed by atoms with E-state index in [-0.39, 0.29) is 5.91 Å². The summed E-state index contributed by atoms with van der Waals surface area (Å²) in [6.07, 6.45) is 3.48. The van der Waals surface area contributed by atoms with E-state index in [4.69, 9.17) is 5.73 Å². The van der Waals surface area contributed by atoms with Gasteiger partial charge in [-0.15, -0.1) is 0 Å². The summed E-state index contributed by atoms with van der Waals surface area (Å²) in [7, 11) is 0. The van der Waals surface area contributed by atoms with Crippen LogP contribution < -0.4 is 11.1 Å². The molecular formula is C13H20N2O. The van der Waals surface area contributed by atoms with Crippen LogP contribution in [0, 0.1) is 0 Å². The Morgan fingerprint density at radius 2 is 2.00 bits per heavy atom. The number of hydrogen-bond donors (Lipinski definition) is 2. The van der Waals surface area contributed by atoms with E-state index >= 15 is 0 Å². The number of rotatable bonds is 6. The number of carbonyl (C=O) groups is 1. The summed E-state index contributed by atoms with van der Waals surface area (Å²) in [6, 6.07) is 7.88. The molecule has 0 aromatic heterocycles. The van der Waals surface area contributed by atoms with Crippen LogP contribution in [0.2, 0.25) is 0 Å². The number of hydrogen-bond acceptors (Lipinski definition) is 2. The van der Waals surface area contributed by atoms with Crippen molar-refractivity contribution in [3.05, 3.63) is 29.8 Å². The molecule has 3 N–H and O–H groups in total. The van der Waals surface area contributed by atoms with Gasteiger partial charge in [0.05, 0.1) is 0 Å². The van der Waals surface area contributed by atoms with Crippen LogP contribution in [0.3, 0.4) is 0 Å². The summed E-state index contributed by atoms with van der Waals surface area (Å²) in [5.41, 5.74) is 7.65. The van der Waals surface area contributed by atoms with Gasteiger partial charge in [0, 0.05) is 18.7 Å². The van der Waals surface area contributed by atoms with Gasteiger partial charge in [-0.1, -0.05) is 19.1 Å². The minimum absolute atomic E-state index is 0.153. The number of anilines is 1. The lowest BCUT2D eigenvalue weighted by molar-refractivity contribution is -0.121. The maximum absolute atomic E-state index is 11.2. The van der Waals surface area contributed by atoms with Gasteiger partial charge in [0.25, 0.3) is 0 Å². The predicted molar refractivity (Wildman–Crippen MR) is 67.1 cm³/mol. The van der Waals surface area contributed by atoms with Gasteiger partial charge in [0.15, 0.2) is 0 Å². The van der Waals surface area contributed by atoms with Crippen LogP contribution in [-0.4, -0.2) is 12.5 Å². The summed E-state index contributed by atoms with van der Waals surface area (Å²) in [5.74, 6) is 0.153. The highest BCUT2D eigenvalue weighted by molar-refractivity contribution is 5.75. The molecule has 88 valence electrons. The lowest BCUT2D eigenvalue weighted by Crippen LogP contribution is -2.24. The molecule has 1 rings (SSSR count). The fraction of sp³-hybridized carbons (Fsp3) is 0.462. The average Bonchev–Trinajstić information content (AvgIpc) is 2.27. The summed E-state index contributed by atoms with van der Waals surface area (Å²) >= 11 is 0. The van der Waals surface area contributed by atoms with Crippen molar-refractivity contribution in [3.8, 4) is 0 Å². The van der Waals surface area contributed by atoms with Crippen molar-refractivity contribution in [1.82, 2.24) is 5.32 Å². The van der Waals surface area contributed by atoms with E-state index in [1.54, 1.807) is 0 Å². The first-order chi connectivity index (χ1) is 7.72. The Labute approximate surface area is 97.0 Å². The molecule has 0 aliphatic carbocycles. The lowest BCUT2D eigenvalue weighted by Gasteiger charge is -2.04. The Hall–Kier alpha value is -1.51. The third-order valence-electron chi connectivity index (χ3n) is 2.42. The zero-order valence-electron chi connectivity index (χ0n) is 9.83.